The Morgan fingerprint density at radius 3 is 1.96 bits per heavy atom. The maximum atomic E-state index is 12.2. The van der Waals surface area contributed by atoms with Crippen LogP contribution in [0.2, 0.25) is 0 Å². The van der Waals surface area contributed by atoms with Crippen LogP contribution in [-0.4, -0.2) is 19.1 Å². The average molecular weight is 356 g/mol. The van der Waals surface area contributed by atoms with Crippen LogP contribution in [0.15, 0.2) is 84.9 Å². The van der Waals surface area contributed by atoms with Gasteiger partial charge in [-0.3, -0.25) is 4.79 Å². The van der Waals surface area contributed by atoms with Crippen LogP contribution in [0.3, 0.4) is 0 Å². The monoisotopic (exact) mass is 356 g/mol. The van der Waals surface area contributed by atoms with Gasteiger partial charge >= 0.3 is 0 Å². The van der Waals surface area contributed by atoms with Crippen LogP contribution in [0, 0.1) is 11.3 Å². The van der Waals surface area contributed by atoms with Gasteiger partial charge in [0.05, 0.1) is 11.6 Å². The Morgan fingerprint density at radius 1 is 0.889 bits per heavy atom. The molecule has 0 aromatic heterocycles. The van der Waals surface area contributed by atoms with Crippen molar-refractivity contribution >= 4 is 5.91 Å². The highest BCUT2D eigenvalue weighted by molar-refractivity contribution is 5.77. The van der Waals surface area contributed by atoms with Crippen molar-refractivity contribution in [1.29, 1.82) is 5.26 Å². The summed E-state index contributed by atoms with van der Waals surface area (Å²) < 4.78 is 5.49. The molecule has 27 heavy (non-hydrogen) atoms. The Morgan fingerprint density at radius 2 is 1.44 bits per heavy atom. The van der Waals surface area contributed by atoms with E-state index in [1.165, 1.54) is 0 Å². The Balaban J connectivity index is 1.59. The number of amides is 1. The summed E-state index contributed by atoms with van der Waals surface area (Å²) in [7, 11) is 0. The predicted molar refractivity (Wildman–Crippen MR) is 104 cm³/mol. The third kappa shape index (κ3) is 5.20. The fourth-order valence-electron chi connectivity index (χ4n) is 2.84. The zero-order valence-corrected chi connectivity index (χ0v) is 14.8. The Hall–Kier alpha value is -3.58. The zero-order valence-electron chi connectivity index (χ0n) is 14.8. The van der Waals surface area contributed by atoms with Gasteiger partial charge in [-0.2, -0.15) is 5.26 Å². The molecule has 0 aliphatic rings. The molecule has 3 aromatic carbocycles. The summed E-state index contributed by atoms with van der Waals surface area (Å²) in [6.45, 7) is 0.422. The number of nitrogens with zero attached hydrogens (tertiary/aromatic N) is 1. The highest BCUT2D eigenvalue weighted by Gasteiger charge is 2.15. The van der Waals surface area contributed by atoms with Crippen molar-refractivity contribution in [1.82, 2.24) is 5.32 Å². The number of hydrogen-bond acceptors (Lipinski definition) is 3. The van der Waals surface area contributed by atoms with E-state index in [9.17, 15) is 4.79 Å². The molecule has 0 aliphatic heterocycles. The van der Waals surface area contributed by atoms with E-state index in [-0.39, 0.29) is 18.4 Å². The maximum Gasteiger partial charge on any atom is 0.257 e. The molecule has 4 heteroatoms. The fourth-order valence-corrected chi connectivity index (χ4v) is 2.84. The maximum absolute atomic E-state index is 12.2. The van der Waals surface area contributed by atoms with Gasteiger partial charge in [0, 0.05) is 12.5 Å². The molecule has 4 nitrogen and oxygen atoms in total. The quantitative estimate of drug-likeness (QED) is 0.699. The van der Waals surface area contributed by atoms with E-state index in [2.05, 4.69) is 29.6 Å². The van der Waals surface area contributed by atoms with Crippen molar-refractivity contribution < 1.29 is 9.53 Å². The van der Waals surface area contributed by atoms with E-state index in [1.54, 1.807) is 24.3 Å². The minimum atomic E-state index is -0.184. The fraction of sp³-hybridized carbons (Fsp3) is 0.130. The molecule has 134 valence electrons. The predicted octanol–water partition coefficient (Wildman–Crippen LogP) is 3.89. The number of hydrogen-bond donors (Lipinski definition) is 1. The van der Waals surface area contributed by atoms with E-state index in [0.29, 0.717) is 17.9 Å². The SMILES string of the molecule is N#Cc1ccc(OCC(=O)NCC(c2ccccc2)c2ccccc2)cc1. The molecule has 0 unspecified atom stereocenters. The lowest BCUT2D eigenvalue weighted by atomic mass is 9.91. The van der Waals surface area contributed by atoms with Gasteiger partial charge in [-0.25, -0.2) is 0 Å². The standard InChI is InChI=1S/C23H20N2O2/c24-15-18-11-13-21(14-12-18)27-17-23(26)25-16-22(19-7-3-1-4-8-19)20-9-5-2-6-10-20/h1-14,22H,16-17H2,(H,25,26). The average Bonchev–Trinajstić information content (AvgIpc) is 2.74. The molecule has 0 atom stereocenters. The van der Waals surface area contributed by atoms with Gasteiger partial charge in [0.1, 0.15) is 5.75 Å². The van der Waals surface area contributed by atoms with Gasteiger partial charge in [0.15, 0.2) is 6.61 Å². The molecule has 1 amide bonds. The van der Waals surface area contributed by atoms with Gasteiger partial charge in [-0.05, 0) is 35.4 Å². The molecule has 0 spiro atoms. The second kappa shape index (κ2) is 9.21. The number of nitrogens with one attached hydrogen (secondary N) is 1. The van der Waals surface area contributed by atoms with E-state index in [4.69, 9.17) is 10.00 Å². The lowest BCUT2D eigenvalue weighted by Gasteiger charge is -2.19. The van der Waals surface area contributed by atoms with Crippen molar-refractivity contribution in [3.8, 4) is 11.8 Å². The Labute approximate surface area is 159 Å². The van der Waals surface area contributed by atoms with Crippen molar-refractivity contribution in [2.75, 3.05) is 13.2 Å². The zero-order chi connectivity index (χ0) is 18.9. The third-order valence-corrected chi connectivity index (χ3v) is 4.26. The van der Waals surface area contributed by atoms with E-state index in [1.807, 2.05) is 42.5 Å². The second-order valence-corrected chi connectivity index (χ2v) is 6.10. The number of nitriles is 1. The van der Waals surface area contributed by atoms with Crippen LogP contribution in [0.4, 0.5) is 0 Å². The first-order valence-corrected chi connectivity index (χ1v) is 8.76. The summed E-state index contributed by atoms with van der Waals surface area (Å²) in [6, 6.07) is 29.0. The topological polar surface area (TPSA) is 62.1 Å². The molecule has 0 aliphatic carbocycles. The first kappa shape index (κ1) is 18.2. The number of rotatable bonds is 7. The summed E-state index contributed by atoms with van der Waals surface area (Å²) in [5, 5.41) is 11.8. The largest absolute Gasteiger partial charge is 0.484 e. The summed E-state index contributed by atoms with van der Waals surface area (Å²) in [5.74, 6) is 0.453. The van der Waals surface area contributed by atoms with E-state index in [0.717, 1.165) is 11.1 Å². The number of carbonyl (C=O) groups is 1. The van der Waals surface area contributed by atoms with Crippen molar-refractivity contribution in [3.63, 3.8) is 0 Å². The Kier molecular flexibility index (Phi) is 6.21. The van der Waals surface area contributed by atoms with Crippen LogP contribution in [-0.2, 0) is 4.79 Å². The molecule has 0 saturated heterocycles. The third-order valence-electron chi connectivity index (χ3n) is 4.26. The normalized spacial score (nSPS) is 10.2. The van der Waals surface area contributed by atoms with Crippen molar-refractivity contribution in [2.24, 2.45) is 0 Å². The number of carbonyl (C=O) groups excluding carboxylic acids is 1. The highest BCUT2D eigenvalue weighted by Crippen LogP contribution is 2.23. The molecule has 0 bridgehead atoms. The lowest BCUT2D eigenvalue weighted by molar-refractivity contribution is -0.123. The molecular formula is C23H20N2O2. The van der Waals surface area contributed by atoms with Gasteiger partial charge in [-0.1, -0.05) is 60.7 Å². The van der Waals surface area contributed by atoms with E-state index < -0.39 is 0 Å². The van der Waals surface area contributed by atoms with Crippen molar-refractivity contribution in [2.45, 2.75) is 5.92 Å². The molecule has 0 radical (unpaired) electrons. The highest BCUT2D eigenvalue weighted by atomic mass is 16.5. The summed E-state index contributed by atoms with van der Waals surface area (Å²) in [4.78, 5) is 12.2. The van der Waals surface area contributed by atoms with Crippen LogP contribution < -0.4 is 10.1 Å². The second-order valence-electron chi connectivity index (χ2n) is 6.10. The first-order valence-electron chi connectivity index (χ1n) is 8.76. The molecule has 0 heterocycles. The van der Waals surface area contributed by atoms with Crippen LogP contribution in [0.25, 0.3) is 0 Å². The van der Waals surface area contributed by atoms with Gasteiger partial charge in [-0.15, -0.1) is 0 Å². The van der Waals surface area contributed by atoms with Crippen LogP contribution in [0.1, 0.15) is 22.6 Å². The molecule has 0 saturated carbocycles. The van der Waals surface area contributed by atoms with Crippen molar-refractivity contribution in [3.05, 3.63) is 102 Å². The first-order chi connectivity index (χ1) is 13.3. The summed E-state index contributed by atoms with van der Waals surface area (Å²) in [6.07, 6.45) is 0. The molecule has 3 aromatic rings. The minimum Gasteiger partial charge on any atom is -0.484 e. The number of ether oxygens (including phenoxy) is 1. The lowest BCUT2D eigenvalue weighted by Crippen LogP contribution is -2.32. The molecule has 3 rings (SSSR count). The van der Waals surface area contributed by atoms with Gasteiger partial charge < -0.3 is 10.1 Å². The molecule has 0 fully saturated rings. The summed E-state index contributed by atoms with van der Waals surface area (Å²) >= 11 is 0. The number of benzene rings is 3. The minimum absolute atomic E-state index is 0.0673. The Bertz CT molecular complexity index is 861. The van der Waals surface area contributed by atoms with Crippen LogP contribution >= 0.6 is 0 Å². The molecule has 1 N–H and O–H groups in total. The van der Waals surface area contributed by atoms with Gasteiger partial charge in [0.25, 0.3) is 5.91 Å². The smallest absolute Gasteiger partial charge is 0.257 e. The summed E-state index contributed by atoms with van der Waals surface area (Å²) in [5.41, 5.74) is 2.86. The molecular weight excluding hydrogens is 336 g/mol. The van der Waals surface area contributed by atoms with Gasteiger partial charge in [0.2, 0.25) is 0 Å². The van der Waals surface area contributed by atoms with E-state index >= 15 is 0 Å². The van der Waals surface area contributed by atoms with Crippen LogP contribution in [0.5, 0.6) is 5.75 Å².